The van der Waals surface area contributed by atoms with Crippen molar-refractivity contribution in [3.8, 4) is 0 Å². The first-order valence-corrected chi connectivity index (χ1v) is 13.5. The molecule has 0 aliphatic heterocycles. The van der Waals surface area contributed by atoms with Gasteiger partial charge in [-0.05, 0) is 59.4 Å². The molecule has 0 amide bonds. The summed E-state index contributed by atoms with van der Waals surface area (Å²) in [4.78, 5) is 33.7. The van der Waals surface area contributed by atoms with Crippen LogP contribution in [-0.4, -0.2) is 0 Å². The predicted octanol–water partition coefficient (Wildman–Crippen LogP) is 11.0. The molecule has 0 bridgehead atoms. The van der Waals surface area contributed by atoms with Gasteiger partial charge in [0.15, 0.2) is 10.6 Å². The maximum absolute atomic E-state index is 11.2. The van der Waals surface area contributed by atoms with Crippen molar-refractivity contribution in [3.63, 3.8) is 0 Å². The maximum Gasteiger partial charge on any atom is 0.198 e. The Kier molecular flexibility index (Phi) is 26.1. The zero-order valence-corrected chi connectivity index (χ0v) is 24.0. The average molecular weight is 482 g/mol. The first-order valence-electron chi connectivity index (χ1n) is 12.0. The van der Waals surface area contributed by atoms with Crippen LogP contribution in [0.5, 0.6) is 0 Å². The Hall–Kier alpha value is -2.41. The van der Waals surface area contributed by atoms with E-state index in [9.17, 15) is 14.7 Å². The van der Waals surface area contributed by atoms with Crippen LogP contribution < -0.4 is 0 Å². The summed E-state index contributed by atoms with van der Waals surface area (Å²) in [5, 5.41) is 1.82. The molecular weight excluding hydrogens is 434 g/mol. The number of aryl methyl sites for hydroxylation is 3. The summed E-state index contributed by atoms with van der Waals surface area (Å²) in [6.45, 7) is 29.6. The van der Waals surface area contributed by atoms with E-state index in [1.54, 1.807) is 6.07 Å². The second-order valence-electron chi connectivity index (χ2n) is 5.16. The van der Waals surface area contributed by atoms with E-state index in [1.807, 2.05) is 102 Å². The standard InChI is InChI=1S/C16H17N3O3S.5C2H6/c1-5-12-7-8-14-11(4)13(6-2)16(9-15(14)10(12)3)23(17-20,18-21)19-22;5*1-2/h6-9H,2,5H2,1,3-4H3;5*1-2H3. The Morgan fingerprint density at radius 1 is 0.758 bits per heavy atom. The van der Waals surface area contributed by atoms with Crippen molar-refractivity contribution in [2.24, 2.45) is 13.7 Å². The topological polar surface area (TPSA) is 88.3 Å². The van der Waals surface area contributed by atoms with Crippen molar-refractivity contribution in [1.29, 1.82) is 0 Å². The molecule has 2 aromatic carbocycles. The van der Waals surface area contributed by atoms with Gasteiger partial charge in [0.25, 0.3) is 0 Å². The molecule has 0 aliphatic carbocycles. The second kappa shape index (κ2) is 22.8. The Bertz CT molecular complexity index is 816. The summed E-state index contributed by atoms with van der Waals surface area (Å²) in [6, 6.07) is 5.67. The van der Waals surface area contributed by atoms with Crippen LogP contribution in [0, 0.1) is 28.6 Å². The van der Waals surface area contributed by atoms with Crippen LogP contribution >= 0.6 is 10.6 Å². The average Bonchev–Trinajstić information content (AvgIpc) is 2.92. The van der Waals surface area contributed by atoms with Gasteiger partial charge in [0, 0.05) is 13.7 Å². The highest BCUT2D eigenvalue weighted by atomic mass is 32.3. The molecule has 0 radical (unpaired) electrons. The van der Waals surface area contributed by atoms with Crippen molar-refractivity contribution in [2.45, 2.75) is 101 Å². The highest BCUT2D eigenvalue weighted by molar-refractivity contribution is 8.30. The van der Waals surface area contributed by atoms with Crippen molar-refractivity contribution in [3.05, 3.63) is 61.8 Å². The molecule has 190 valence electrons. The zero-order valence-electron chi connectivity index (χ0n) is 23.2. The van der Waals surface area contributed by atoms with Crippen molar-refractivity contribution < 1.29 is 0 Å². The van der Waals surface area contributed by atoms with Gasteiger partial charge in [0.1, 0.15) is 0 Å². The normalized spacial score (nSPS) is 9.24. The smallest absolute Gasteiger partial charge is 0.135 e. The Balaban J connectivity index is -0.000000371. The van der Waals surface area contributed by atoms with Gasteiger partial charge < -0.3 is 0 Å². The van der Waals surface area contributed by atoms with E-state index < -0.39 is 10.6 Å². The monoisotopic (exact) mass is 481 g/mol. The predicted molar refractivity (Wildman–Crippen MR) is 153 cm³/mol. The summed E-state index contributed by atoms with van der Waals surface area (Å²) < 4.78 is 8.05. The van der Waals surface area contributed by atoms with Crippen LogP contribution in [0.2, 0.25) is 0 Å². The van der Waals surface area contributed by atoms with Crippen molar-refractivity contribution >= 4 is 27.4 Å². The molecule has 0 aliphatic rings. The SMILES string of the molecule is C=Cc1c(S(N=O)(N=O)N=O)cc2c(C)c(CC)ccc2c1C.CC.CC.CC.CC.CC. The summed E-state index contributed by atoms with van der Waals surface area (Å²) in [5.74, 6) is 0. The molecule has 0 aromatic heterocycles. The third-order valence-corrected chi connectivity index (χ3v) is 5.72. The lowest BCUT2D eigenvalue weighted by Gasteiger charge is -2.21. The molecule has 2 rings (SSSR count). The number of hydrogen-bond acceptors (Lipinski definition) is 6. The van der Waals surface area contributed by atoms with E-state index in [-0.39, 0.29) is 4.90 Å². The van der Waals surface area contributed by atoms with Gasteiger partial charge in [-0.15, -0.1) is 14.7 Å². The molecule has 0 heterocycles. The van der Waals surface area contributed by atoms with Crippen molar-refractivity contribution in [2.75, 3.05) is 0 Å². The van der Waals surface area contributed by atoms with E-state index in [4.69, 9.17) is 0 Å². The minimum Gasteiger partial charge on any atom is -0.135 e. The molecule has 2 aromatic rings. The van der Waals surface area contributed by atoms with Crippen LogP contribution in [0.4, 0.5) is 0 Å². The van der Waals surface area contributed by atoms with Gasteiger partial charge in [0.05, 0.1) is 4.90 Å². The molecule has 7 heteroatoms. The fourth-order valence-corrected chi connectivity index (χ4v) is 3.98. The maximum atomic E-state index is 11.2. The largest absolute Gasteiger partial charge is 0.198 e. The van der Waals surface area contributed by atoms with Crippen LogP contribution in [0.25, 0.3) is 16.8 Å². The minimum atomic E-state index is -3.54. The molecular formula is C26H47N3O3S. The van der Waals surface area contributed by atoms with Crippen LogP contribution in [0.1, 0.15) is 98.4 Å². The van der Waals surface area contributed by atoms with Gasteiger partial charge in [-0.1, -0.05) is 101 Å². The molecule has 0 atom stereocenters. The van der Waals surface area contributed by atoms with Gasteiger partial charge in [-0.3, -0.25) is 0 Å². The molecule has 33 heavy (non-hydrogen) atoms. The van der Waals surface area contributed by atoms with Gasteiger partial charge >= 0.3 is 0 Å². The fraction of sp³-hybridized carbons (Fsp3) is 0.538. The highest BCUT2D eigenvalue weighted by Crippen LogP contribution is 2.61. The van der Waals surface area contributed by atoms with E-state index in [2.05, 4.69) is 20.3 Å². The summed E-state index contributed by atoms with van der Waals surface area (Å²) in [5.41, 5.74) is 3.49. The van der Waals surface area contributed by atoms with Crippen LogP contribution in [0.3, 0.4) is 0 Å². The van der Waals surface area contributed by atoms with Gasteiger partial charge in [-0.2, -0.15) is 0 Å². The Morgan fingerprint density at radius 2 is 1.18 bits per heavy atom. The summed E-state index contributed by atoms with van der Waals surface area (Å²) in [6.07, 6.45) is 2.34. The number of fused-ring (bicyclic) bond motifs is 1. The number of rotatable bonds is 6. The molecule has 0 fully saturated rings. The summed E-state index contributed by atoms with van der Waals surface area (Å²) in [7, 11) is -3.54. The Morgan fingerprint density at radius 3 is 1.52 bits per heavy atom. The van der Waals surface area contributed by atoms with E-state index in [1.165, 1.54) is 6.08 Å². The van der Waals surface area contributed by atoms with Crippen LogP contribution in [-0.2, 0) is 6.42 Å². The number of hydrogen-bond donors (Lipinski definition) is 0. The molecule has 0 spiro atoms. The number of benzene rings is 2. The third kappa shape index (κ3) is 9.16. The van der Waals surface area contributed by atoms with Crippen molar-refractivity contribution in [1.82, 2.24) is 0 Å². The number of nitrogens with zero attached hydrogens (tertiary/aromatic N) is 3. The number of nitroso groups, excluding NO2 is 3. The van der Waals surface area contributed by atoms with Crippen LogP contribution in [0.15, 0.2) is 43.4 Å². The Labute approximate surface area is 204 Å². The van der Waals surface area contributed by atoms with E-state index >= 15 is 0 Å². The lowest BCUT2D eigenvalue weighted by atomic mass is 9.93. The lowest BCUT2D eigenvalue weighted by molar-refractivity contribution is 1.12. The van der Waals surface area contributed by atoms with E-state index in [0.29, 0.717) is 5.56 Å². The highest BCUT2D eigenvalue weighted by Gasteiger charge is 2.34. The first kappa shape index (κ1) is 37.9. The fourth-order valence-electron chi connectivity index (χ4n) is 2.85. The lowest BCUT2D eigenvalue weighted by Crippen LogP contribution is -1.99. The quantitative estimate of drug-likeness (QED) is 0.384. The summed E-state index contributed by atoms with van der Waals surface area (Å²) >= 11 is 0. The first-order chi connectivity index (χ1) is 16.0. The molecule has 6 nitrogen and oxygen atoms in total. The molecule has 0 unspecified atom stereocenters. The molecule has 0 N–H and O–H groups in total. The zero-order chi connectivity index (χ0) is 27.2. The molecule has 0 saturated heterocycles. The molecule has 0 saturated carbocycles. The third-order valence-electron chi connectivity index (χ3n) is 4.17. The van der Waals surface area contributed by atoms with Gasteiger partial charge in [-0.25, -0.2) is 0 Å². The minimum absolute atomic E-state index is 0.147. The van der Waals surface area contributed by atoms with E-state index in [0.717, 1.165) is 33.9 Å². The van der Waals surface area contributed by atoms with Gasteiger partial charge in [0.2, 0.25) is 0 Å². The second-order valence-corrected chi connectivity index (χ2v) is 7.08.